The Bertz CT molecular complexity index is 407. The summed E-state index contributed by atoms with van der Waals surface area (Å²) in [4.78, 5) is 14.5. The van der Waals surface area contributed by atoms with E-state index in [0.717, 1.165) is 19.3 Å². The summed E-state index contributed by atoms with van der Waals surface area (Å²) in [6.45, 7) is 4.58. The van der Waals surface area contributed by atoms with E-state index in [1.807, 2.05) is 6.92 Å². The molecule has 1 amide bonds. The molecule has 1 saturated carbocycles. The van der Waals surface area contributed by atoms with Crippen LogP contribution in [0.25, 0.3) is 0 Å². The van der Waals surface area contributed by atoms with Gasteiger partial charge in [0, 0.05) is 9.75 Å². The third kappa shape index (κ3) is 2.87. The molecule has 1 atom stereocenters. The van der Waals surface area contributed by atoms with Crippen molar-refractivity contribution in [1.82, 2.24) is 5.32 Å². The zero-order valence-electron chi connectivity index (χ0n) is 10.5. The average Bonchev–Trinajstić information content (AvgIpc) is 3.07. The number of amides is 1. The zero-order valence-corrected chi connectivity index (χ0v) is 11.3. The highest BCUT2D eigenvalue weighted by molar-refractivity contribution is 7.11. The lowest BCUT2D eigenvalue weighted by Crippen LogP contribution is -2.53. The van der Waals surface area contributed by atoms with E-state index in [2.05, 4.69) is 24.4 Å². The Hall–Kier alpha value is -0.870. The fourth-order valence-corrected chi connectivity index (χ4v) is 2.83. The summed E-state index contributed by atoms with van der Waals surface area (Å²) in [6, 6.07) is 4.20. The number of nitrogens with two attached hydrogens (primary N) is 1. The average molecular weight is 252 g/mol. The fourth-order valence-electron chi connectivity index (χ4n) is 1.93. The summed E-state index contributed by atoms with van der Waals surface area (Å²) in [5.74, 6) is 0.350. The Balaban J connectivity index is 1.87. The van der Waals surface area contributed by atoms with Crippen molar-refractivity contribution in [3.05, 3.63) is 21.9 Å². The topological polar surface area (TPSA) is 55.1 Å². The van der Waals surface area contributed by atoms with Crippen molar-refractivity contribution in [2.24, 2.45) is 11.7 Å². The van der Waals surface area contributed by atoms with Crippen LogP contribution >= 0.6 is 11.3 Å². The summed E-state index contributed by atoms with van der Waals surface area (Å²) in [5, 5.41) is 2.94. The molecule has 1 aromatic rings. The molecule has 3 N–H and O–H groups in total. The molecule has 0 radical (unpaired) electrons. The van der Waals surface area contributed by atoms with Crippen LogP contribution in [0.1, 0.15) is 36.4 Å². The third-order valence-electron chi connectivity index (χ3n) is 3.40. The summed E-state index contributed by atoms with van der Waals surface area (Å²) in [7, 11) is 0. The van der Waals surface area contributed by atoms with Crippen molar-refractivity contribution < 1.29 is 4.79 Å². The largest absolute Gasteiger partial charge is 0.350 e. The van der Waals surface area contributed by atoms with Crippen LogP contribution in [0.3, 0.4) is 0 Å². The number of thiophene rings is 1. The summed E-state index contributed by atoms with van der Waals surface area (Å²) in [5.41, 5.74) is 5.36. The van der Waals surface area contributed by atoms with Crippen molar-refractivity contribution >= 4 is 17.2 Å². The number of hydrogen-bond acceptors (Lipinski definition) is 3. The molecular weight excluding hydrogens is 232 g/mol. The lowest BCUT2D eigenvalue weighted by atomic mass is 9.96. The van der Waals surface area contributed by atoms with Crippen molar-refractivity contribution in [3.8, 4) is 0 Å². The first kappa shape index (κ1) is 12.6. The van der Waals surface area contributed by atoms with E-state index in [9.17, 15) is 4.79 Å². The SMILES string of the molecule is CCc1ccc(CNC(=O)C(C)(N)C2CC2)s1. The van der Waals surface area contributed by atoms with Crippen LogP contribution in [0.15, 0.2) is 12.1 Å². The van der Waals surface area contributed by atoms with Gasteiger partial charge in [0.2, 0.25) is 5.91 Å². The second-order valence-corrected chi connectivity index (χ2v) is 6.21. The zero-order chi connectivity index (χ0) is 12.5. The van der Waals surface area contributed by atoms with E-state index >= 15 is 0 Å². The predicted octanol–water partition coefficient (Wildman–Crippen LogP) is 2.05. The summed E-state index contributed by atoms with van der Waals surface area (Å²) in [6.07, 6.45) is 3.22. The highest BCUT2D eigenvalue weighted by Gasteiger charge is 2.43. The number of nitrogens with one attached hydrogen (secondary N) is 1. The minimum Gasteiger partial charge on any atom is -0.350 e. The molecule has 1 unspecified atom stereocenters. The maximum atomic E-state index is 12.0. The minimum atomic E-state index is -0.690. The predicted molar refractivity (Wildman–Crippen MR) is 70.9 cm³/mol. The maximum Gasteiger partial charge on any atom is 0.240 e. The molecule has 1 fully saturated rings. The molecule has 17 heavy (non-hydrogen) atoms. The summed E-state index contributed by atoms with van der Waals surface area (Å²) < 4.78 is 0. The van der Waals surface area contributed by atoms with Gasteiger partial charge in [0.15, 0.2) is 0 Å². The summed E-state index contributed by atoms with van der Waals surface area (Å²) >= 11 is 1.75. The number of carbonyl (C=O) groups is 1. The second kappa shape index (κ2) is 4.78. The number of hydrogen-bond donors (Lipinski definition) is 2. The number of carbonyl (C=O) groups excluding carboxylic acids is 1. The van der Waals surface area contributed by atoms with Gasteiger partial charge in [-0.25, -0.2) is 0 Å². The third-order valence-corrected chi connectivity index (χ3v) is 4.63. The quantitative estimate of drug-likeness (QED) is 0.842. The molecule has 3 nitrogen and oxygen atoms in total. The molecule has 1 aliphatic rings. The van der Waals surface area contributed by atoms with Crippen LogP contribution in [0.4, 0.5) is 0 Å². The Morgan fingerprint density at radius 2 is 2.18 bits per heavy atom. The van der Waals surface area contributed by atoms with Gasteiger partial charge in [0.25, 0.3) is 0 Å². The van der Waals surface area contributed by atoms with E-state index < -0.39 is 5.54 Å². The van der Waals surface area contributed by atoms with Crippen molar-refractivity contribution in [1.29, 1.82) is 0 Å². The van der Waals surface area contributed by atoms with Gasteiger partial charge in [-0.3, -0.25) is 4.79 Å². The molecule has 1 aromatic heterocycles. The number of aryl methyl sites for hydroxylation is 1. The van der Waals surface area contributed by atoms with Gasteiger partial charge < -0.3 is 11.1 Å². The van der Waals surface area contributed by atoms with Gasteiger partial charge in [-0.05, 0) is 44.2 Å². The van der Waals surface area contributed by atoms with Crippen LogP contribution in [0.5, 0.6) is 0 Å². The Morgan fingerprint density at radius 1 is 1.53 bits per heavy atom. The second-order valence-electron chi connectivity index (χ2n) is 4.96. The minimum absolute atomic E-state index is 0.0218. The van der Waals surface area contributed by atoms with Gasteiger partial charge in [-0.15, -0.1) is 11.3 Å². The Morgan fingerprint density at radius 3 is 2.71 bits per heavy atom. The van der Waals surface area contributed by atoms with Gasteiger partial charge in [0.1, 0.15) is 0 Å². The Kier molecular flexibility index (Phi) is 3.54. The standard InChI is InChI=1S/C13H20N2OS/c1-3-10-6-7-11(17-10)8-15-12(16)13(2,14)9-4-5-9/h6-7,9H,3-5,8,14H2,1-2H3,(H,15,16). The fraction of sp³-hybridized carbons (Fsp3) is 0.615. The first-order valence-electron chi connectivity index (χ1n) is 6.18. The van der Waals surface area contributed by atoms with Crippen LogP contribution in [-0.2, 0) is 17.8 Å². The highest BCUT2D eigenvalue weighted by atomic mass is 32.1. The van der Waals surface area contributed by atoms with Crippen LogP contribution in [0, 0.1) is 5.92 Å². The molecular formula is C13H20N2OS. The molecule has 0 bridgehead atoms. The van der Waals surface area contributed by atoms with Gasteiger partial charge in [0.05, 0.1) is 12.1 Å². The lowest BCUT2D eigenvalue weighted by molar-refractivity contribution is -0.126. The van der Waals surface area contributed by atoms with Crippen LogP contribution in [0.2, 0.25) is 0 Å². The molecule has 94 valence electrons. The first-order chi connectivity index (χ1) is 8.04. The number of rotatable bonds is 5. The van der Waals surface area contributed by atoms with Gasteiger partial charge in [-0.1, -0.05) is 6.92 Å². The van der Waals surface area contributed by atoms with Crippen LogP contribution < -0.4 is 11.1 Å². The van der Waals surface area contributed by atoms with Gasteiger partial charge in [-0.2, -0.15) is 0 Å². The van der Waals surface area contributed by atoms with Crippen molar-refractivity contribution in [3.63, 3.8) is 0 Å². The monoisotopic (exact) mass is 252 g/mol. The van der Waals surface area contributed by atoms with Crippen molar-refractivity contribution in [2.75, 3.05) is 0 Å². The molecule has 1 heterocycles. The van der Waals surface area contributed by atoms with Crippen molar-refractivity contribution in [2.45, 2.75) is 45.2 Å². The van der Waals surface area contributed by atoms with E-state index in [1.54, 1.807) is 11.3 Å². The molecule has 0 aliphatic heterocycles. The lowest BCUT2D eigenvalue weighted by Gasteiger charge is -2.22. The van der Waals surface area contributed by atoms with E-state index in [-0.39, 0.29) is 5.91 Å². The smallest absolute Gasteiger partial charge is 0.240 e. The molecule has 0 spiro atoms. The normalized spacial score (nSPS) is 18.8. The molecule has 4 heteroatoms. The van der Waals surface area contributed by atoms with E-state index in [4.69, 9.17) is 5.73 Å². The molecule has 2 rings (SSSR count). The van der Waals surface area contributed by atoms with E-state index in [0.29, 0.717) is 12.5 Å². The maximum absolute atomic E-state index is 12.0. The first-order valence-corrected chi connectivity index (χ1v) is 7.00. The highest BCUT2D eigenvalue weighted by Crippen LogP contribution is 2.38. The molecule has 0 aromatic carbocycles. The van der Waals surface area contributed by atoms with E-state index in [1.165, 1.54) is 9.75 Å². The van der Waals surface area contributed by atoms with Gasteiger partial charge >= 0.3 is 0 Å². The molecule has 0 saturated heterocycles. The molecule has 1 aliphatic carbocycles. The Labute approximate surface area is 106 Å². The van der Waals surface area contributed by atoms with Crippen LogP contribution in [-0.4, -0.2) is 11.4 Å².